The van der Waals surface area contributed by atoms with Gasteiger partial charge >= 0.3 is 0 Å². The zero-order valence-electron chi connectivity index (χ0n) is 26.5. The summed E-state index contributed by atoms with van der Waals surface area (Å²) in [7, 11) is -2.88. The second kappa shape index (κ2) is 15.5. The zero-order chi connectivity index (χ0) is 33.3. The van der Waals surface area contributed by atoms with Gasteiger partial charge in [-0.05, 0) is 60.4 Å². The Morgan fingerprint density at radius 2 is 1.52 bits per heavy atom. The minimum Gasteiger partial charge on any atom is -0.497 e. The van der Waals surface area contributed by atoms with Crippen LogP contribution in [0.1, 0.15) is 30.5 Å². The van der Waals surface area contributed by atoms with Crippen LogP contribution in [0.3, 0.4) is 0 Å². The zero-order valence-corrected chi connectivity index (χ0v) is 27.3. The molecule has 0 bridgehead atoms. The van der Waals surface area contributed by atoms with Gasteiger partial charge in [0.2, 0.25) is 11.8 Å². The topological polar surface area (TPSA) is 96.0 Å². The normalized spacial score (nSPS) is 12.0. The van der Waals surface area contributed by atoms with Crippen LogP contribution < -0.4 is 14.4 Å². The lowest BCUT2D eigenvalue weighted by Crippen LogP contribution is -2.53. The molecule has 0 aromatic heterocycles. The molecule has 10 heteroatoms. The predicted molar refractivity (Wildman–Crippen MR) is 177 cm³/mol. The van der Waals surface area contributed by atoms with Gasteiger partial charge in [-0.25, -0.2) is 12.8 Å². The number of sulfonamides is 1. The van der Waals surface area contributed by atoms with E-state index in [1.54, 1.807) is 36.4 Å². The number of methoxy groups -OCH3 is 1. The van der Waals surface area contributed by atoms with Crippen LogP contribution in [0.4, 0.5) is 10.1 Å². The summed E-state index contributed by atoms with van der Waals surface area (Å²) in [6.07, 6.45) is 0.172. The van der Waals surface area contributed by atoms with Crippen LogP contribution in [0, 0.1) is 18.7 Å². The molecule has 4 rings (SSSR count). The van der Waals surface area contributed by atoms with Gasteiger partial charge in [0, 0.05) is 19.5 Å². The molecule has 0 aliphatic carbocycles. The van der Waals surface area contributed by atoms with Crippen molar-refractivity contribution in [2.24, 2.45) is 5.92 Å². The van der Waals surface area contributed by atoms with E-state index in [2.05, 4.69) is 5.32 Å². The molecule has 0 unspecified atom stereocenters. The Morgan fingerprint density at radius 3 is 2.17 bits per heavy atom. The third-order valence-electron chi connectivity index (χ3n) is 7.45. The van der Waals surface area contributed by atoms with Crippen LogP contribution in [-0.4, -0.2) is 51.4 Å². The molecule has 0 radical (unpaired) electrons. The van der Waals surface area contributed by atoms with Crippen molar-refractivity contribution >= 4 is 27.5 Å². The highest BCUT2D eigenvalue weighted by atomic mass is 32.2. The van der Waals surface area contributed by atoms with Crippen LogP contribution in [0.25, 0.3) is 0 Å². The van der Waals surface area contributed by atoms with E-state index >= 15 is 4.39 Å². The molecular formula is C36H40FN3O5S. The molecule has 0 fully saturated rings. The molecule has 0 saturated heterocycles. The van der Waals surface area contributed by atoms with Gasteiger partial charge in [-0.1, -0.05) is 86.1 Å². The molecule has 0 aliphatic rings. The Balaban J connectivity index is 1.82. The van der Waals surface area contributed by atoms with E-state index in [0.29, 0.717) is 17.9 Å². The quantitative estimate of drug-likeness (QED) is 0.189. The Bertz CT molecular complexity index is 1730. The Kier molecular flexibility index (Phi) is 11.5. The second-order valence-corrected chi connectivity index (χ2v) is 13.4. The van der Waals surface area contributed by atoms with Gasteiger partial charge < -0.3 is 15.0 Å². The highest BCUT2D eigenvalue weighted by Crippen LogP contribution is 2.28. The molecule has 0 spiro atoms. The first-order valence-electron chi connectivity index (χ1n) is 15.1. The number of ether oxygens (including phenoxy) is 1. The Hall–Kier alpha value is -4.70. The third kappa shape index (κ3) is 8.72. The number of carbonyl (C=O) groups excluding carboxylic acids is 2. The van der Waals surface area contributed by atoms with Crippen molar-refractivity contribution in [1.29, 1.82) is 0 Å². The van der Waals surface area contributed by atoms with Crippen molar-refractivity contribution in [2.45, 2.75) is 44.7 Å². The summed E-state index contributed by atoms with van der Waals surface area (Å²) in [6.45, 7) is 5.36. The number of aryl methyl sites for hydroxylation is 1. The summed E-state index contributed by atoms with van der Waals surface area (Å²) in [5, 5.41) is 2.95. The summed E-state index contributed by atoms with van der Waals surface area (Å²) < 4.78 is 49.6. The van der Waals surface area contributed by atoms with Crippen molar-refractivity contribution in [3.8, 4) is 5.75 Å². The van der Waals surface area contributed by atoms with E-state index in [0.717, 1.165) is 21.5 Å². The highest BCUT2D eigenvalue weighted by Gasteiger charge is 2.35. The lowest BCUT2D eigenvalue weighted by molar-refractivity contribution is -0.140. The van der Waals surface area contributed by atoms with Crippen LogP contribution in [-0.2, 0) is 32.6 Å². The molecule has 4 aromatic rings. The lowest BCUT2D eigenvalue weighted by Gasteiger charge is -2.34. The fraction of sp³-hybridized carbons (Fsp3) is 0.278. The number of hydrogen-bond donors (Lipinski definition) is 1. The van der Waals surface area contributed by atoms with Crippen LogP contribution in [0.5, 0.6) is 5.75 Å². The maximum absolute atomic E-state index is 15.3. The van der Waals surface area contributed by atoms with Crippen molar-refractivity contribution in [3.63, 3.8) is 0 Å². The van der Waals surface area contributed by atoms with E-state index in [4.69, 9.17) is 4.74 Å². The maximum atomic E-state index is 15.3. The molecule has 1 atom stereocenters. The van der Waals surface area contributed by atoms with E-state index in [9.17, 15) is 18.0 Å². The SMILES string of the molecule is COc1cccc(CN(C(=O)CN(c2ccccc2F)S(=O)(=O)c2ccc(C)cc2)[C@H](Cc2ccccc2)C(=O)NCC(C)C)c1. The number of amides is 2. The summed E-state index contributed by atoms with van der Waals surface area (Å²) in [5.74, 6) is -1.15. The van der Waals surface area contributed by atoms with Crippen molar-refractivity contribution in [1.82, 2.24) is 10.2 Å². The van der Waals surface area contributed by atoms with Crippen LogP contribution in [0.15, 0.2) is 108 Å². The molecule has 8 nitrogen and oxygen atoms in total. The van der Waals surface area contributed by atoms with E-state index in [1.165, 1.54) is 42.3 Å². The number of para-hydroxylation sites is 1. The molecule has 2 amide bonds. The number of hydrogen-bond acceptors (Lipinski definition) is 5. The molecular weight excluding hydrogens is 605 g/mol. The third-order valence-corrected chi connectivity index (χ3v) is 9.23. The van der Waals surface area contributed by atoms with Crippen molar-refractivity contribution in [2.75, 3.05) is 24.5 Å². The monoisotopic (exact) mass is 645 g/mol. The minimum atomic E-state index is -4.41. The number of halogens is 1. The first-order valence-corrected chi connectivity index (χ1v) is 16.5. The van der Waals surface area contributed by atoms with E-state index < -0.39 is 34.3 Å². The number of nitrogens with zero attached hydrogens (tertiary/aromatic N) is 2. The number of carbonyl (C=O) groups is 2. The van der Waals surface area contributed by atoms with E-state index in [1.807, 2.05) is 51.1 Å². The summed E-state index contributed by atoms with van der Waals surface area (Å²) in [4.78, 5) is 29.6. The average Bonchev–Trinajstić information content (AvgIpc) is 3.05. The first kappa shape index (κ1) is 34.2. The molecule has 0 aliphatic heterocycles. The van der Waals surface area contributed by atoms with Crippen LogP contribution in [0.2, 0.25) is 0 Å². The molecule has 1 N–H and O–H groups in total. The highest BCUT2D eigenvalue weighted by molar-refractivity contribution is 7.92. The molecule has 0 heterocycles. The fourth-order valence-electron chi connectivity index (χ4n) is 4.95. The maximum Gasteiger partial charge on any atom is 0.264 e. The number of anilines is 1. The smallest absolute Gasteiger partial charge is 0.264 e. The van der Waals surface area contributed by atoms with Crippen molar-refractivity contribution in [3.05, 3.63) is 126 Å². The molecule has 0 saturated carbocycles. The molecule has 242 valence electrons. The molecule has 4 aromatic carbocycles. The Morgan fingerprint density at radius 1 is 0.870 bits per heavy atom. The van der Waals surface area contributed by atoms with E-state index in [-0.39, 0.29) is 35.4 Å². The average molecular weight is 646 g/mol. The second-order valence-electron chi connectivity index (χ2n) is 11.5. The fourth-order valence-corrected chi connectivity index (χ4v) is 6.37. The lowest BCUT2D eigenvalue weighted by atomic mass is 10.0. The standard InChI is InChI=1S/C36H40FN3O5S/c1-26(2)23-38-36(42)34(22-28-11-6-5-7-12-28)39(24-29-13-10-14-30(21-29)45-4)35(41)25-40(33-16-9-8-15-32(33)37)46(43,44)31-19-17-27(3)18-20-31/h5-21,26,34H,22-25H2,1-4H3,(H,38,42)/t34-/m1/s1. The summed E-state index contributed by atoms with van der Waals surface area (Å²) in [5.41, 5.74) is 2.05. The van der Waals surface area contributed by atoms with Gasteiger partial charge in [0.15, 0.2) is 0 Å². The van der Waals surface area contributed by atoms with Gasteiger partial charge in [-0.3, -0.25) is 13.9 Å². The molecule has 46 heavy (non-hydrogen) atoms. The Labute approximate surface area is 270 Å². The minimum absolute atomic E-state index is 0.0294. The number of benzene rings is 4. The summed E-state index contributed by atoms with van der Waals surface area (Å²) >= 11 is 0. The first-order chi connectivity index (χ1) is 22.0. The van der Waals surface area contributed by atoms with Crippen molar-refractivity contribution < 1.29 is 27.1 Å². The number of nitrogens with one attached hydrogen (secondary N) is 1. The van der Waals surface area contributed by atoms with Gasteiger partial charge in [0.25, 0.3) is 10.0 Å². The largest absolute Gasteiger partial charge is 0.497 e. The number of rotatable bonds is 14. The summed E-state index contributed by atoms with van der Waals surface area (Å²) in [6, 6.07) is 26.9. The van der Waals surface area contributed by atoms with Gasteiger partial charge in [0.05, 0.1) is 17.7 Å². The predicted octanol–water partition coefficient (Wildman–Crippen LogP) is 5.75. The van der Waals surface area contributed by atoms with Crippen LogP contribution >= 0.6 is 0 Å². The van der Waals surface area contributed by atoms with Gasteiger partial charge in [0.1, 0.15) is 24.2 Å². The van der Waals surface area contributed by atoms with Gasteiger partial charge in [-0.15, -0.1) is 0 Å². The van der Waals surface area contributed by atoms with Gasteiger partial charge in [-0.2, -0.15) is 0 Å².